The number of H-pyrrole nitrogens is 1. The number of hydrogen-bond donors (Lipinski definition) is 3. The first-order chi connectivity index (χ1) is 13.6. The molecule has 3 N–H and O–H groups in total. The third-order valence-corrected chi connectivity index (χ3v) is 4.36. The molecule has 7 heteroatoms. The van der Waals surface area contributed by atoms with Gasteiger partial charge in [-0.05, 0) is 36.2 Å². The maximum Gasteiger partial charge on any atom is 0.249 e. The van der Waals surface area contributed by atoms with Crippen molar-refractivity contribution in [1.82, 2.24) is 15.3 Å². The number of aromatic nitrogens is 2. The van der Waals surface area contributed by atoms with Gasteiger partial charge in [0.1, 0.15) is 11.8 Å². The molecule has 146 valence electrons. The van der Waals surface area contributed by atoms with Crippen molar-refractivity contribution in [2.75, 3.05) is 12.4 Å². The summed E-state index contributed by atoms with van der Waals surface area (Å²) in [5, 5.41) is 5.59. The van der Waals surface area contributed by atoms with Gasteiger partial charge < -0.3 is 15.0 Å². The highest BCUT2D eigenvalue weighted by atomic mass is 16.5. The molecule has 3 aromatic rings. The number of amides is 2. The van der Waals surface area contributed by atoms with Crippen LogP contribution < -0.4 is 15.4 Å². The Kier molecular flexibility index (Phi) is 6.26. The predicted molar refractivity (Wildman–Crippen MR) is 108 cm³/mol. The van der Waals surface area contributed by atoms with Crippen molar-refractivity contribution in [2.45, 2.75) is 32.2 Å². The van der Waals surface area contributed by atoms with Crippen molar-refractivity contribution < 1.29 is 14.3 Å². The van der Waals surface area contributed by atoms with E-state index in [2.05, 4.69) is 20.6 Å². The maximum atomic E-state index is 12.7. The Bertz CT molecular complexity index is 934. The maximum absolute atomic E-state index is 12.7. The molecule has 28 heavy (non-hydrogen) atoms. The van der Waals surface area contributed by atoms with Gasteiger partial charge in [0.2, 0.25) is 17.8 Å². The molecule has 0 saturated heterocycles. The molecule has 7 nitrogen and oxygen atoms in total. The molecule has 0 bridgehead atoms. The number of ether oxygens (including phenoxy) is 1. The number of methoxy groups -OCH3 is 1. The predicted octanol–water partition coefficient (Wildman–Crippen LogP) is 3.04. The van der Waals surface area contributed by atoms with E-state index in [1.54, 1.807) is 7.11 Å². The first-order valence-corrected chi connectivity index (χ1v) is 9.27. The number of nitrogens with zero attached hydrogens (tertiary/aromatic N) is 1. The second-order valence-corrected chi connectivity index (χ2v) is 6.53. The van der Waals surface area contributed by atoms with Crippen LogP contribution >= 0.6 is 0 Å². The number of para-hydroxylation sites is 2. The smallest absolute Gasteiger partial charge is 0.249 e. The summed E-state index contributed by atoms with van der Waals surface area (Å²) in [5.74, 6) is 0.554. The lowest BCUT2D eigenvalue weighted by Crippen LogP contribution is -2.44. The quantitative estimate of drug-likeness (QED) is 0.560. The lowest BCUT2D eigenvalue weighted by Gasteiger charge is -2.17. The van der Waals surface area contributed by atoms with Crippen LogP contribution in [0.3, 0.4) is 0 Å². The lowest BCUT2D eigenvalue weighted by atomic mass is 10.1. The van der Waals surface area contributed by atoms with E-state index in [0.29, 0.717) is 18.1 Å². The molecule has 3 rings (SSSR count). The van der Waals surface area contributed by atoms with Gasteiger partial charge in [-0.25, -0.2) is 4.98 Å². The van der Waals surface area contributed by atoms with E-state index in [-0.39, 0.29) is 18.2 Å². The number of aromatic amines is 1. The number of carbonyl (C=O) groups is 2. The Morgan fingerprint density at radius 2 is 2.00 bits per heavy atom. The summed E-state index contributed by atoms with van der Waals surface area (Å²) in [6.45, 7) is 1.97. The topological polar surface area (TPSA) is 96.1 Å². The van der Waals surface area contributed by atoms with Crippen LogP contribution in [-0.4, -0.2) is 34.9 Å². The molecule has 0 saturated carbocycles. The highest BCUT2D eigenvalue weighted by Gasteiger charge is 2.21. The molecule has 0 aliphatic rings. The number of anilines is 1. The fourth-order valence-electron chi connectivity index (χ4n) is 2.99. The molecule has 0 aliphatic carbocycles. The zero-order chi connectivity index (χ0) is 19.9. The molecule has 1 atom stereocenters. The average molecular weight is 380 g/mol. The number of fused-ring (bicyclic) bond motifs is 1. The molecule has 1 heterocycles. The van der Waals surface area contributed by atoms with Gasteiger partial charge in [-0.3, -0.25) is 14.9 Å². The fourth-order valence-corrected chi connectivity index (χ4v) is 2.99. The normalized spacial score (nSPS) is 11.8. The van der Waals surface area contributed by atoms with Gasteiger partial charge in [0.15, 0.2) is 0 Å². The van der Waals surface area contributed by atoms with E-state index >= 15 is 0 Å². The van der Waals surface area contributed by atoms with Gasteiger partial charge in [-0.15, -0.1) is 0 Å². The van der Waals surface area contributed by atoms with Crippen LogP contribution in [0.15, 0.2) is 48.5 Å². The van der Waals surface area contributed by atoms with Crippen LogP contribution in [0.1, 0.15) is 25.3 Å². The Morgan fingerprint density at radius 3 is 2.75 bits per heavy atom. The number of benzene rings is 2. The van der Waals surface area contributed by atoms with Crippen LogP contribution in [0.2, 0.25) is 0 Å². The first-order valence-electron chi connectivity index (χ1n) is 9.27. The molecule has 0 unspecified atom stereocenters. The molecule has 0 aliphatic heterocycles. The number of hydrogen-bond acceptors (Lipinski definition) is 4. The van der Waals surface area contributed by atoms with Gasteiger partial charge in [0, 0.05) is 0 Å². The van der Waals surface area contributed by atoms with Crippen LogP contribution in [0.4, 0.5) is 5.95 Å². The summed E-state index contributed by atoms with van der Waals surface area (Å²) < 4.78 is 5.18. The van der Waals surface area contributed by atoms with E-state index in [4.69, 9.17) is 4.74 Å². The Labute approximate surface area is 163 Å². The van der Waals surface area contributed by atoms with Gasteiger partial charge >= 0.3 is 0 Å². The number of imidazole rings is 1. The molecule has 0 fully saturated rings. The second kappa shape index (κ2) is 9.03. The molecule has 2 amide bonds. The minimum Gasteiger partial charge on any atom is -0.497 e. The summed E-state index contributed by atoms with van der Waals surface area (Å²) in [6, 6.07) is 14.2. The van der Waals surface area contributed by atoms with E-state index < -0.39 is 6.04 Å². The zero-order valence-corrected chi connectivity index (χ0v) is 16.0. The van der Waals surface area contributed by atoms with Crippen LogP contribution in [0, 0.1) is 0 Å². The van der Waals surface area contributed by atoms with Crippen LogP contribution in [0.25, 0.3) is 11.0 Å². The molecule has 0 spiro atoms. The van der Waals surface area contributed by atoms with E-state index in [1.807, 2.05) is 55.5 Å². The Morgan fingerprint density at radius 1 is 1.18 bits per heavy atom. The fraction of sp³-hybridized carbons (Fsp3) is 0.286. The molecular formula is C21H24N4O3. The largest absolute Gasteiger partial charge is 0.497 e. The van der Waals surface area contributed by atoms with Crippen molar-refractivity contribution in [3.05, 3.63) is 54.1 Å². The number of nitrogens with one attached hydrogen (secondary N) is 3. The third-order valence-electron chi connectivity index (χ3n) is 4.36. The summed E-state index contributed by atoms with van der Waals surface area (Å²) in [4.78, 5) is 32.5. The lowest BCUT2D eigenvalue weighted by molar-refractivity contribution is -0.126. The Balaban J connectivity index is 1.64. The van der Waals surface area contributed by atoms with Crippen LogP contribution in [-0.2, 0) is 16.0 Å². The molecule has 0 radical (unpaired) electrons. The van der Waals surface area contributed by atoms with E-state index in [9.17, 15) is 9.59 Å². The van der Waals surface area contributed by atoms with Crippen molar-refractivity contribution in [1.29, 1.82) is 0 Å². The van der Waals surface area contributed by atoms with E-state index in [1.165, 1.54) is 0 Å². The average Bonchev–Trinajstić information content (AvgIpc) is 3.10. The summed E-state index contributed by atoms with van der Waals surface area (Å²) in [7, 11) is 1.58. The van der Waals surface area contributed by atoms with Crippen molar-refractivity contribution in [3.63, 3.8) is 0 Å². The number of carbonyl (C=O) groups excluding carboxylic acids is 2. The highest BCUT2D eigenvalue weighted by molar-refractivity contribution is 5.97. The standard InChI is InChI=1S/C21H24N4O3/c1-3-7-18(22-19(26)13-14-8-6-9-15(12-14)28-2)20(27)25-21-23-16-10-4-5-11-17(16)24-21/h4-6,8-12,18H,3,7,13H2,1-2H3,(H,22,26)(H2,23,24,25,27)/t18-/m1/s1. The molecular weight excluding hydrogens is 356 g/mol. The highest BCUT2D eigenvalue weighted by Crippen LogP contribution is 2.15. The van der Waals surface area contributed by atoms with Gasteiger partial charge in [-0.2, -0.15) is 0 Å². The van der Waals surface area contributed by atoms with Gasteiger partial charge in [0.05, 0.1) is 24.6 Å². The Hall–Kier alpha value is -3.35. The van der Waals surface area contributed by atoms with Crippen LogP contribution in [0.5, 0.6) is 5.75 Å². The minimum atomic E-state index is -0.628. The van der Waals surface area contributed by atoms with Crippen molar-refractivity contribution >= 4 is 28.8 Å². The summed E-state index contributed by atoms with van der Waals surface area (Å²) in [5.41, 5.74) is 2.43. The SMILES string of the molecule is CCC[C@@H](NC(=O)Cc1cccc(OC)c1)C(=O)Nc1nc2ccccc2[nH]1. The van der Waals surface area contributed by atoms with E-state index in [0.717, 1.165) is 23.0 Å². The molecule has 1 aromatic heterocycles. The summed E-state index contributed by atoms with van der Waals surface area (Å²) in [6.07, 6.45) is 1.48. The van der Waals surface area contributed by atoms with Crippen molar-refractivity contribution in [2.24, 2.45) is 0 Å². The number of rotatable bonds is 8. The molecule has 2 aromatic carbocycles. The zero-order valence-electron chi connectivity index (χ0n) is 16.0. The minimum absolute atomic E-state index is 0.176. The third kappa shape index (κ3) is 4.88. The summed E-state index contributed by atoms with van der Waals surface area (Å²) >= 11 is 0. The van der Waals surface area contributed by atoms with Gasteiger partial charge in [0.25, 0.3) is 0 Å². The van der Waals surface area contributed by atoms with Crippen molar-refractivity contribution in [3.8, 4) is 5.75 Å². The van der Waals surface area contributed by atoms with Gasteiger partial charge in [-0.1, -0.05) is 37.6 Å². The monoisotopic (exact) mass is 380 g/mol. The first kappa shape index (κ1) is 19.4. The second-order valence-electron chi connectivity index (χ2n) is 6.53.